The van der Waals surface area contributed by atoms with Crippen molar-refractivity contribution >= 4 is 15.9 Å². The molecule has 1 aliphatic rings. The zero-order chi connectivity index (χ0) is 15.5. The SMILES string of the molecule is CS(=O)(=O)NC1CCN(C(=O)C(N)Cc2ccccc2)C1. The molecule has 1 aromatic rings. The van der Waals surface area contributed by atoms with Crippen LogP contribution in [0.2, 0.25) is 0 Å². The molecule has 2 unspecified atom stereocenters. The minimum absolute atomic E-state index is 0.128. The van der Waals surface area contributed by atoms with Crippen LogP contribution in [-0.4, -0.2) is 50.7 Å². The van der Waals surface area contributed by atoms with Gasteiger partial charge < -0.3 is 10.6 Å². The maximum Gasteiger partial charge on any atom is 0.239 e. The highest BCUT2D eigenvalue weighted by molar-refractivity contribution is 7.88. The van der Waals surface area contributed by atoms with Gasteiger partial charge in [-0.2, -0.15) is 0 Å². The number of nitrogens with one attached hydrogen (secondary N) is 1. The summed E-state index contributed by atoms with van der Waals surface area (Å²) in [5, 5.41) is 0. The summed E-state index contributed by atoms with van der Waals surface area (Å²) in [6, 6.07) is 8.80. The Bertz CT molecular complexity index is 589. The normalized spacial score (nSPS) is 20.5. The van der Waals surface area contributed by atoms with Crippen molar-refractivity contribution in [3.63, 3.8) is 0 Å². The highest BCUT2D eigenvalue weighted by atomic mass is 32.2. The second-order valence-corrected chi connectivity index (χ2v) is 7.24. The second-order valence-electron chi connectivity index (χ2n) is 5.46. The molecule has 6 nitrogen and oxygen atoms in total. The molecule has 1 amide bonds. The number of carbonyl (C=O) groups is 1. The first-order valence-corrected chi connectivity index (χ1v) is 8.80. The largest absolute Gasteiger partial charge is 0.340 e. The van der Waals surface area contributed by atoms with Gasteiger partial charge in [0, 0.05) is 19.1 Å². The lowest BCUT2D eigenvalue weighted by Gasteiger charge is -2.21. The molecule has 1 aliphatic heterocycles. The number of benzene rings is 1. The number of amides is 1. The van der Waals surface area contributed by atoms with E-state index in [1.54, 1.807) is 4.90 Å². The zero-order valence-corrected chi connectivity index (χ0v) is 12.8. The molecule has 1 fully saturated rings. The van der Waals surface area contributed by atoms with Crippen molar-refractivity contribution in [3.8, 4) is 0 Å². The molecule has 3 N–H and O–H groups in total. The molecule has 0 spiro atoms. The van der Waals surface area contributed by atoms with E-state index in [2.05, 4.69) is 4.72 Å². The van der Waals surface area contributed by atoms with Crippen LogP contribution in [0.15, 0.2) is 30.3 Å². The summed E-state index contributed by atoms with van der Waals surface area (Å²) in [5.41, 5.74) is 6.99. The van der Waals surface area contributed by atoms with Crippen molar-refractivity contribution in [2.75, 3.05) is 19.3 Å². The van der Waals surface area contributed by atoms with E-state index >= 15 is 0 Å². The van der Waals surface area contributed by atoms with E-state index in [1.165, 1.54) is 0 Å². The number of nitrogens with zero attached hydrogens (tertiary/aromatic N) is 1. The Labute approximate surface area is 125 Å². The molecular formula is C14H21N3O3S. The Kier molecular flexibility index (Phi) is 4.97. The molecule has 0 saturated carbocycles. The Hall–Kier alpha value is -1.44. The average molecular weight is 311 g/mol. The van der Waals surface area contributed by atoms with Crippen molar-refractivity contribution in [1.82, 2.24) is 9.62 Å². The van der Waals surface area contributed by atoms with E-state index in [-0.39, 0.29) is 11.9 Å². The minimum Gasteiger partial charge on any atom is -0.340 e. The minimum atomic E-state index is -3.24. The first-order valence-electron chi connectivity index (χ1n) is 6.91. The zero-order valence-electron chi connectivity index (χ0n) is 12.0. The van der Waals surface area contributed by atoms with Gasteiger partial charge in [0.15, 0.2) is 0 Å². The summed E-state index contributed by atoms with van der Waals surface area (Å²) in [4.78, 5) is 13.9. The molecule has 0 aliphatic carbocycles. The Morgan fingerprint density at radius 3 is 2.71 bits per heavy atom. The number of nitrogens with two attached hydrogens (primary N) is 1. The topological polar surface area (TPSA) is 92.5 Å². The van der Waals surface area contributed by atoms with Crippen LogP contribution in [0.5, 0.6) is 0 Å². The fourth-order valence-corrected chi connectivity index (χ4v) is 3.35. The Balaban J connectivity index is 1.89. The first-order chi connectivity index (χ1) is 9.85. The van der Waals surface area contributed by atoms with E-state index in [0.717, 1.165) is 11.8 Å². The highest BCUT2D eigenvalue weighted by Crippen LogP contribution is 2.12. The van der Waals surface area contributed by atoms with Crippen molar-refractivity contribution in [3.05, 3.63) is 35.9 Å². The van der Waals surface area contributed by atoms with Gasteiger partial charge >= 0.3 is 0 Å². The maximum absolute atomic E-state index is 12.3. The van der Waals surface area contributed by atoms with Crippen LogP contribution >= 0.6 is 0 Å². The lowest BCUT2D eigenvalue weighted by atomic mass is 10.1. The number of rotatable bonds is 5. The molecule has 1 saturated heterocycles. The standard InChI is InChI=1S/C14H21N3O3S/c1-21(19,20)16-12-7-8-17(10-12)14(18)13(15)9-11-5-3-2-4-6-11/h2-6,12-13,16H,7-10,15H2,1H3. The number of carbonyl (C=O) groups excluding carboxylic acids is 1. The predicted molar refractivity (Wildman–Crippen MR) is 81.1 cm³/mol. The van der Waals surface area contributed by atoms with E-state index in [9.17, 15) is 13.2 Å². The van der Waals surface area contributed by atoms with Crippen LogP contribution in [0.25, 0.3) is 0 Å². The van der Waals surface area contributed by atoms with E-state index in [4.69, 9.17) is 5.73 Å². The molecule has 0 aromatic heterocycles. The van der Waals surface area contributed by atoms with Gasteiger partial charge in [0.25, 0.3) is 0 Å². The van der Waals surface area contributed by atoms with Crippen LogP contribution in [0.4, 0.5) is 0 Å². The van der Waals surface area contributed by atoms with E-state index in [1.807, 2.05) is 30.3 Å². The summed E-state index contributed by atoms with van der Waals surface area (Å²) in [6.45, 7) is 0.920. The number of likely N-dealkylation sites (tertiary alicyclic amines) is 1. The molecular weight excluding hydrogens is 290 g/mol. The fraction of sp³-hybridized carbons (Fsp3) is 0.500. The lowest BCUT2D eigenvalue weighted by molar-refractivity contribution is -0.131. The monoisotopic (exact) mass is 311 g/mol. The van der Waals surface area contributed by atoms with Crippen molar-refractivity contribution < 1.29 is 13.2 Å². The fourth-order valence-electron chi connectivity index (χ4n) is 2.55. The van der Waals surface area contributed by atoms with Crippen LogP contribution in [0, 0.1) is 0 Å². The summed E-state index contributed by atoms with van der Waals surface area (Å²) < 4.78 is 24.9. The number of hydrogen-bond acceptors (Lipinski definition) is 4. The third kappa shape index (κ3) is 4.80. The van der Waals surface area contributed by atoms with Crippen LogP contribution < -0.4 is 10.5 Å². The van der Waals surface area contributed by atoms with E-state index in [0.29, 0.717) is 25.9 Å². The molecule has 1 aromatic carbocycles. The van der Waals surface area contributed by atoms with Crippen molar-refractivity contribution in [1.29, 1.82) is 0 Å². The summed E-state index contributed by atoms with van der Waals surface area (Å²) in [6.07, 6.45) is 2.23. The Morgan fingerprint density at radius 2 is 2.10 bits per heavy atom. The smallest absolute Gasteiger partial charge is 0.239 e. The molecule has 0 radical (unpaired) electrons. The lowest BCUT2D eigenvalue weighted by Crippen LogP contribution is -2.45. The van der Waals surface area contributed by atoms with Gasteiger partial charge in [0.1, 0.15) is 0 Å². The molecule has 0 bridgehead atoms. The second kappa shape index (κ2) is 6.55. The van der Waals surface area contributed by atoms with Crippen molar-refractivity contribution in [2.24, 2.45) is 5.73 Å². The predicted octanol–water partition coefficient (Wildman–Crippen LogP) is -0.293. The van der Waals surface area contributed by atoms with Gasteiger partial charge in [-0.05, 0) is 18.4 Å². The van der Waals surface area contributed by atoms with Crippen molar-refractivity contribution in [2.45, 2.75) is 24.9 Å². The summed E-state index contributed by atoms with van der Waals surface area (Å²) >= 11 is 0. The average Bonchev–Trinajstić information content (AvgIpc) is 2.85. The highest BCUT2D eigenvalue weighted by Gasteiger charge is 2.30. The number of sulfonamides is 1. The summed E-state index contributed by atoms with van der Waals surface area (Å²) in [5.74, 6) is -0.128. The van der Waals surface area contributed by atoms with Gasteiger partial charge in [0.2, 0.25) is 15.9 Å². The van der Waals surface area contributed by atoms with Gasteiger partial charge in [-0.15, -0.1) is 0 Å². The molecule has 116 valence electrons. The number of hydrogen-bond donors (Lipinski definition) is 2. The van der Waals surface area contributed by atoms with Crippen LogP contribution in [0.3, 0.4) is 0 Å². The van der Waals surface area contributed by atoms with Crippen LogP contribution in [-0.2, 0) is 21.2 Å². The summed E-state index contributed by atoms with van der Waals surface area (Å²) in [7, 11) is -3.24. The molecule has 21 heavy (non-hydrogen) atoms. The van der Waals surface area contributed by atoms with Gasteiger partial charge in [-0.3, -0.25) is 4.79 Å². The quantitative estimate of drug-likeness (QED) is 0.781. The van der Waals surface area contributed by atoms with Gasteiger partial charge in [-0.1, -0.05) is 30.3 Å². The molecule has 1 heterocycles. The van der Waals surface area contributed by atoms with Gasteiger partial charge in [-0.25, -0.2) is 13.1 Å². The van der Waals surface area contributed by atoms with E-state index < -0.39 is 16.1 Å². The molecule has 7 heteroatoms. The first kappa shape index (κ1) is 15.9. The molecule has 2 atom stereocenters. The Morgan fingerprint density at radius 1 is 1.43 bits per heavy atom. The van der Waals surface area contributed by atoms with Gasteiger partial charge in [0.05, 0.1) is 12.3 Å². The maximum atomic E-state index is 12.3. The third-order valence-electron chi connectivity index (χ3n) is 3.50. The molecule has 2 rings (SSSR count). The van der Waals surface area contributed by atoms with Crippen LogP contribution in [0.1, 0.15) is 12.0 Å². The third-order valence-corrected chi connectivity index (χ3v) is 4.26.